The topological polar surface area (TPSA) is 73.0 Å². The maximum atomic E-state index is 12.8. The van der Waals surface area contributed by atoms with Gasteiger partial charge in [0, 0.05) is 57.8 Å². The van der Waals surface area contributed by atoms with Crippen molar-refractivity contribution in [1.82, 2.24) is 10.2 Å². The summed E-state index contributed by atoms with van der Waals surface area (Å²) in [4.78, 5) is 43.5. The molecule has 32 heavy (non-hydrogen) atoms. The van der Waals surface area contributed by atoms with Crippen LogP contribution < -0.4 is 15.1 Å². The van der Waals surface area contributed by atoms with E-state index in [4.69, 9.17) is 0 Å². The number of nitrogens with zero attached hydrogens (tertiary/aromatic N) is 3. The van der Waals surface area contributed by atoms with Crippen LogP contribution in [0.4, 0.5) is 11.4 Å². The summed E-state index contributed by atoms with van der Waals surface area (Å²) < 4.78 is 0. The number of rotatable bonds is 7. The van der Waals surface area contributed by atoms with Crippen molar-refractivity contribution in [1.29, 1.82) is 0 Å². The van der Waals surface area contributed by atoms with E-state index in [-0.39, 0.29) is 36.6 Å². The fourth-order valence-electron chi connectivity index (χ4n) is 4.07. The van der Waals surface area contributed by atoms with Crippen molar-refractivity contribution in [2.75, 3.05) is 49.6 Å². The van der Waals surface area contributed by atoms with Crippen molar-refractivity contribution < 1.29 is 14.4 Å². The predicted molar refractivity (Wildman–Crippen MR) is 125 cm³/mol. The molecule has 1 aliphatic carbocycles. The first-order valence-electron chi connectivity index (χ1n) is 11.3. The molecule has 2 aliphatic rings. The molecular weight excluding hydrogens is 404 g/mol. The van der Waals surface area contributed by atoms with Gasteiger partial charge in [-0.3, -0.25) is 14.4 Å². The van der Waals surface area contributed by atoms with E-state index >= 15 is 0 Å². The molecule has 1 aliphatic heterocycles. The van der Waals surface area contributed by atoms with Gasteiger partial charge in [-0.15, -0.1) is 0 Å². The van der Waals surface area contributed by atoms with E-state index in [1.165, 1.54) is 5.69 Å². The van der Waals surface area contributed by atoms with Crippen LogP contribution in [-0.4, -0.2) is 62.4 Å². The Hall–Kier alpha value is -3.35. The van der Waals surface area contributed by atoms with Crippen LogP contribution >= 0.6 is 0 Å². The van der Waals surface area contributed by atoms with Crippen LogP contribution in [0.25, 0.3) is 0 Å². The predicted octanol–water partition coefficient (Wildman–Crippen LogP) is 2.53. The normalized spacial score (nSPS) is 15.9. The van der Waals surface area contributed by atoms with Crippen LogP contribution in [0.15, 0.2) is 54.6 Å². The summed E-state index contributed by atoms with van der Waals surface area (Å²) >= 11 is 0. The highest BCUT2D eigenvalue weighted by molar-refractivity contribution is 6.05. The van der Waals surface area contributed by atoms with Gasteiger partial charge in [-0.05, 0) is 37.1 Å². The molecular formula is C25H30N4O3. The van der Waals surface area contributed by atoms with Gasteiger partial charge >= 0.3 is 0 Å². The van der Waals surface area contributed by atoms with Gasteiger partial charge in [-0.25, -0.2) is 0 Å². The van der Waals surface area contributed by atoms with Crippen molar-refractivity contribution in [3.8, 4) is 0 Å². The zero-order chi connectivity index (χ0) is 22.5. The summed E-state index contributed by atoms with van der Waals surface area (Å²) in [5.74, 6) is -0.0868. The molecule has 2 aromatic carbocycles. The van der Waals surface area contributed by atoms with Crippen LogP contribution in [0.5, 0.6) is 0 Å². The molecule has 4 rings (SSSR count). The number of hydrogen-bond acceptors (Lipinski definition) is 4. The highest BCUT2D eigenvalue weighted by atomic mass is 16.2. The minimum atomic E-state index is -0.266. The van der Waals surface area contributed by atoms with Crippen LogP contribution in [-0.2, 0) is 9.59 Å². The molecule has 0 atom stereocenters. The standard InChI is InChI=1S/C25H30N4O3/c1-27(25(32)19-11-12-19)22-10-6-5-9-21(22)24(31)26-14-13-23(30)29-17-15-28(16-18-29)20-7-3-2-4-8-20/h2-10,19H,11-18H2,1H3,(H,26,31). The number of benzene rings is 2. The third-order valence-corrected chi connectivity index (χ3v) is 6.15. The van der Waals surface area contributed by atoms with Crippen molar-refractivity contribution >= 4 is 29.1 Å². The Balaban J connectivity index is 1.26. The van der Waals surface area contributed by atoms with Gasteiger partial charge < -0.3 is 20.0 Å². The number of amides is 3. The largest absolute Gasteiger partial charge is 0.368 e. The zero-order valence-electron chi connectivity index (χ0n) is 18.5. The van der Waals surface area contributed by atoms with Gasteiger partial charge in [0.05, 0.1) is 11.3 Å². The van der Waals surface area contributed by atoms with Crippen molar-refractivity contribution in [3.05, 3.63) is 60.2 Å². The van der Waals surface area contributed by atoms with Gasteiger partial charge in [-0.2, -0.15) is 0 Å². The minimum absolute atomic E-state index is 0.0485. The Morgan fingerprint density at radius 1 is 0.938 bits per heavy atom. The third-order valence-electron chi connectivity index (χ3n) is 6.15. The summed E-state index contributed by atoms with van der Waals surface area (Å²) in [7, 11) is 1.71. The van der Waals surface area contributed by atoms with E-state index in [1.807, 2.05) is 29.2 Å². The highest BCUT2D eigenvalue weighted by Gasteiger charge is 2.33. The van der Waals surface area contributed by atoms with E-state index in [2.05, 4.69) is 22.3 Å². The summed E-state index contributed by atoms with van der Waals surface area (Å²) in [5.41, 5.74) is 2.23. The van der Waals surface area contributed by atoms with Crippen LogP contribution in [0, 0.1) is 5.92 Å². The molecule has 0 radical (unpaired) electrons. The Bertz CT molecular complexity index is 966. The Morgan fingerprint density at radius 3 is 2.28 bits per heavy atom. The number of nitrogens with one attached hydrogen (secondary N) is 1. The Labute approximate surface area is 189 Å². The van der Waals surface area contributed by atoms with E-state index in [1.54, 1.807) is 30.1 Å². The summed E-state index contributed by atoms with van der Waals surface area (Å²) in [6.07, 6.45) is 2.09. The highest BCUT2D eigenvalue weighted by Crippen LogP contribution is 2.33. The molecule has 0 bridgehead atoms. The first-order valence-corrected chi connectivity index (χ1v) is 11.3. The lowest BCUT2D eigenvalue weighted by Gasteiger charge is -2.36. The number of anilines is 2. The molecule has 1 N–H and O–H groups in total. The second-order valence-corrected chi connectivity index (χ2v) is 8.40. The minimum Gasteiger partial charge on any atom is -0.368 e. The maximum absolute atomic E-state index is 12.8. The molecule has 168 valence electrons. The van der Waals surface area contributed by atoms with Crippen molar-refractivity contribution in [3.63, 3.8) is 0 Å². The molecule has 3 amide bonds. The molecule has 7 nitrogen and oxygen atoms in total. The average molecular weight is 435 g/mol. The van der Waals surface area contributed by atoms with Gasteiger partial charge in [0.2, 0.25) is 11.8 Å². The van der Waals surface area contributed by atoms with E-state index in [9.17, 15) is 14.4 Å². The molecule has 2 aromatic rings. The molecule has 0 unspecified atom stereocenters. The fraction of sp³-hybridized carbons (Fsp3) is 0.400. The van der Waals surface area contributed by atoms with E-state index in [0.29, 0.717) is 24.3 Å². The smallest absolute Gasteiger partial charge is 0.253 e. The lowest BCUT2D eigenvalue weighted by Crippen LogP contribution is -2.49. The maximum Gasteiger partial charge on any atom is 0.253 e. The molecule has 1 saturated carbocycles. The lowest BCUT2D eigenvalue weighted by atomic mass is 10.1. The Kier molecular flexibility index (Phi) is 6.73. The van der Waals surface area contributed by atoms with E-state index in [0.717, 1.165) is 25.9 Å². The number of hydrogen-bond donors (Lipinski definition) is 1. The van der Waals surface area contributed by atoms with Gasteiger partial charge in [0.1, 0.15) is 0 Å². The molecule has 7 heteroatoms. The Morgan fingerprint density at radius 2 is 1.59 bits per heavy atom. The third kappa shape index (κ3) is 5.10. The molecule has 0 aromatic heterocycles. The fourth-order valence-corrected chi connectivity index (χ4v) is 4.07. The quantitative estimate of drug-likeness (QED) is 0.727. The number of piperazine rings is 1. The monoisotopic (exact) mass is 434 g/mol. The first-order chi connectivity index (χ1) is 15.5. The van der Waals surface area contributed by atoms with E-state index < -0.39 is 0 Å². The average Bonchev–Trinajstić information content (AvgIpc) is 3.69. The molecule has 1 saturated heterocycles. The van der Waals surface area contributed by atoms with Gasteiger partial charge in [0.25, 0.3) is 5.91 Å². The molecule has 2 fully saturated rings. The van der Waals surface area contributed by atoms with Gasteiger partial charge in [-0.1, -0.05) is 30.3 Å². The second kappa shape index (κ2) is 9.85. The summed E-state index contributed by atoms with van der Waals surface area (Å²) in [5, 5.41) is 2.85. The summed E-state index contributed by atoms with van der Waals surface area (Å²) in [6, 6.07) is 17.3. The zero-order valence-corrected chi connectivity index (χ0v) is 18.5. The van der Waals surface area contributed by atoms with Gasteiger partial charge in [0.15, 0.2) is 0 Å². The van der Waals surface area contributed by atoms with Crippen LogP contribution in [0.2, 0.25) is 0 Å². The number of carbonyl (C=O) groups is 3. The number of para-hydroxylation sites is 2. The lowest BCUT2D eigenvalue weighted by molar-refractivity contribution is -0.131. The number of carbonyl (C=O) groups excluding carboxylic acids is 3. The molecule has 1 heterocycles. The molecule has 0 spiro atoms. The van der Waals surface area contributed by atoms with Crippen LogP contribution in [0.1, 0.15) is 29.6 Å². The first kappa shape index (κ1) is 21.9. The van der Waals surface area contributed by atoms with Crippen LogP contribution in [0.3, 0.4) is 0 Å². The second-order valence-electron chi connectivity index (χ2n) is 8.40. The van der Waals surface area contributed by atoms with Crippen molar-refractivity contribution in [2.24, 2.45) is 5.92 Å². The SMILES string of the molecule is CN(C(=O)C1CC1)c1ccccc1C(=O)NCCC(=O)N1CCN(c2ccccc2)CC1. The van der Waals surface area contributed by atoms with Crippen molar-refractivity contribution in [2.45, 2.75) is 19.3 Å². The summed E-state index contributed by atoms with van der Waals surface area (Å²) in [6.45, 7) is 3.23.